The second-order valence-corrected chi connectivity index (χ2v) is 4.69. The molecular formula is C17H18FNO2. The van der Waals surface area contributed by atoms with Crippen molar-refractivity contribution in [3.63, 3.8) is 0 Å². The molecule has 3 nitrogen and oxygen atoms in total. The van der Waals surface area contributed by atoms with Crippen molar-refractivity contribution in [2.24, 2.45) is 0 Å². The monoisotopic (exact) mass is 287 g/mol. The fourth-order valence-corrected chi connectivity index (χ4v) is 1.77. The van der Waals surface area contributed by atoms with Crippen molar-refractivity contribution in [3.8, 4) is 5.75 Å². The van der Waals surface area contributed by atoms with E-state index in [0.29, 0.717) is 17.9 Å². The Hall–Kier alpha value is -2.36. The zero-order valence-electron chi connectivity index (χ0n) is 11.9. The molecule has 0 fully saturated rings. The van der Waals surface area contributed by atoms with E-state index >= 15 is 0 Å². The summed E-state index contributed by atoms with van der Waals surface area (Å²) in [5.41, 5.74) is 1.09. The van der Waals surface area contributed by atoms with E-state index in [9.17, 15) is 9.18 Å². The number of ether oxygens (including phenoxy) is 1. The molecule has 0 unspecified atom stereocenters. The summed E-state index contributed by atoms with van der Waals surface area (Å²) in [6.45, 7) is 2.80. The topological polar surface area (TPSA) is 38.3 Å². The number of benzene rings is 2. The highest BCUT2D eigenvalue weighted by Crippen LogP contribution is 2.17. The maximum atomic E-state index is 12.8. The molecule has 0 aromatic heterocycles. The molecule has 0 aliphatic rings. The second-order valence-electron chi connectivity index (χ2n) is 4.69. The Morgan fingerprint density at radius 3 is 2.38 bits per heavy atom. The minimum Gasteiger partial charge on any atom is -0.494 e. The second kappa shape index (κ2) is 7.43. The standard InChI is InChI=1S/C17H18FNO2/c1-2-3-12-21-16-10-8-15(9-11-16)19-17(20)13-4-6-14(18)7-5-13/h4-11H,2-3,12H2,1H3,(H,19,20). The molecule has 4 heteroatoms. The van der Waals surface area contributed by atoms with Crippen LogP contribution in [0, 0.1) is 5.82 Å². The van der Waals surface area contributed by atoms with E-state index in [0.717, 1.165) is 18.6 Å². The van der Waals surface area contributed by atoms with Gasteiger partial charge in [0.1, 0.15) is 11.6 Å². The van der Waals surface area contributed by atoms with Gasteiger partial charge in [-0.2, -0.15) is 0 Å². The van der Waals surface area contributed by atoms with Crippen molar-refractivity contribution in [1.29, 1.82) is 0 Å². The van der Waals surface area contributed by atoms with Crippen LogP contribution >= 0.6 is 0 Å². The quantitative estimate of drug-likeness (QED) is 0.806. The molecule has 0 saturated carbocycles. The van der Waals surface area contributed by atoms with Crippen molar-refractivity contribution in [2.75, 3.05) is 11.9 Å². The molecule has 2 aromatic carbocycles. The van der Waals surface area contributed by atoms with Gasteiger partial charge in [-0.3, -0.25) is 4.79 Å². The van der Waals surface area contributed by atoms with E-state index in [4.69, 9.17) is 4.74 Å². The van der Waals surface area contributed by atoms with Crippen LogP contribution in [-0.2, 0) is 0 Å². The molecule has 0 atom stereocenters. The van der Waals surface area contributed by atoms with E-state index in [1.54, 1.807) is 12.1 Å². The zero-order valence-corrected chi connectivity index (χ0v) is 11.9. The Kier molecular flexibility index (Phi) is 5.32. The first-order valence-electron chi connectivity index (χ1n) is 6.99. The van der Waals surface area contributed by atoms with Crippen LogP contribution < -0.4 is 10.1 Å². The lowest BCUT2D eigenvalue weighted by Crippen LogP contribution is -2.11. The molecule has 0 saturated heterocycles. The normalized spacial score (nSPS) is 10.2. The number of hydrogen-bond donors (Lipinski definition) is 1. The Morgan fingerprint density at radius 1 is 1.10 bits per heavy atom. The van der Waals surface area contributed by atoms with Crippen molar-refractivity contribution in [3.05, 3.63) is 59.9 Å². The van der Waals surface area contributed by atoms with Gasteiger partial charge in [-0.05, 0) is 55.0 Å². The summed E-state index contributed by atoms with van der Waals surface area (Å²) < 4.78 is 18.4. The smallest absolute Gasteiger partial charge is 0.255 e. The molecule has 110 valence electrons. The van der Waals surface area contributed by atoms with E-state index in [1.165, 1.54) is 24.3 Å². The number of hydrogen-bond acceptors (Lipinski definition) is 2. The summed E-state index contributed by atoms with van der Waals surface area (Å²) in [5.74, 6) is 0.151. The molecule has 2 rings (SSSR count). The van der Waals surface area contributed by atoms with Gasteiger partial charge in [0.25, 0.3) is 5.91 Å². The van der Waals surface area contributed by atoms with Crippen molar-refractivity contribution >= 4 is 11.6 Å². The number of amides is 1. The van der Waals surface area contributed by atoms with Crippen molar-refractivity contribution < 1.29 is 13.9 Å². The molecule has 0 heterocycles. The average Bonchev–Trinajstić information content (AvgIpc) is 2.50. The highest BCUT2D eigenvalue weighted by atomic mass is 19.1. The van der Waals surface area contributed by atoms with Gasteiger partial charge in [-0.25, -0.2) is 4.39 Å². The summed E-state index contributed by atoms with van der Waals surface area (Å²) >= 11 is 0. The summed E-state index contributed by atoms with van der Waals surface area (Å²) in [4.78, 5) is 12.0. The minimum atomic E-state index is -0.361. The van der Waals surface area contributed by atoms with Crippen LogP contribution in [0.15, 0.2) is 48.5 Å². The van der Waals surface area contributed by atoms with Crippen LogP contribution in [0.1, 0.15) is 30.1 Å². The number of anilines is 1. The minimum absolute atomic E-state index is 0.269. The summed E-state index contributed by atoms with van der Waals surface area (Å²) in [6.07, 6.45) is 2.11. The molecule has 2 aromatic rings. The van der Waals surface area contributed by atoms with E-state index in [1.807, 2.05) is 12.1 Å². The number of carbonyl (C=O) groups excluding carboxylic acids is 1. The van der Waals surface area contributed by atoms with Crippen molar-refractivity contribution in [1.82, 2.24) is 0 Å². The van der Waals surface area contributed by atoms with Crippen LogP contribution in [0.25, 0.3) is 0 Å². The first-order chi connectivity index (χ1) is 10.2. The molecular weight excluding hydrogens is 269 g/mol. The van der Waals surface area contributed by atoms with Gasteiger partial charge in [0.05, 0.1) is 6.61 Å². The molecule has 0 aliphatic carbocycles. The third-order valence-electron chi connectivity index (χ3n) is 2.99. The van der Waals surface area contributed by atoms with Crippen LogP contribution in [0.3, 0.4) is 0 Å². The van der Waals surface area contributed by atoms with Gasteiger partial charge in [-0.1, -0.05) is 13.3 Å². The lowest BCUT2D eigenvalue weighted by atomic mass is 10.2. The summed E-state index contributed by atoms with van der Waals surface area (Å²) in [6, 6.07) is 12.6. The first-order valence-corrected chi connectivity index (χ1v) is 6.99. The molecule has 21 heavy (non-hydrogen) atoms. The van der Waals surface area contributed by atoms with Crippen molar-refractivity contribution in [2.45, 2.75) is 19.8 Å². The molecule has 0 bridgehead atoms. The highest BCUT2D eigenvalue weighted by molar-refractivity contribution is 6.04. The van der Waals surface area contributed by atoms with E-state index in [2.05, 4.69) is 12.2 Å². The lowest BCUT2D eigenvalue weighted by Gasteiger charge is -2.08. The summed E-state index contributed by atoms with van der Waals surface area (Å²) in [5, 5.41) is 2.76. The van der Waals surface area contributed by atoms with Crippen LogP contribution in [0.2, 0.25) is 0 Å². The number of rotatable bonds is 6. The fraction of sp³-hybridized carbons (Fsp3) is 0.235. The Bertz CT molecular complexity index is 579. The predicted octanol–water partition coefficient (Wildman–Crippen LogP) is 4.26. The Balaban J connectivity index is 1.93. The predicted molar refractivity (Wildman–Crippen MR) is 81.2 cm³/mol. The van der Waals surface area contributed by atoms with Crippen LogP contribution in [0.4, 0.5) is 10.1 Å². The SMILES string of the molecule is CCCCOc1ccc(NC(=O)c2ccc(F)cc2)cc1. The van der Waals surface area contributed by atoms with Crippen LogP contribution in [0.5, 0.6) is 5.75 Å². The van der Waals surface area contributed by atoms with Gasteiger partial charge in [-0.15, -0.1) is 0 Å². The van der Waals surface area contributed by atoms with Gasteiger partial charge in [0, 0.05) is 11.3 Å². The van der Waals surface area contributed by atoms with Gasteiger partial charge in [0.15, 0.2) is 0 Å². The largest absolute Gasteiger partial charge is 0.494 e. The van der Waals surface area contributed by atoms with E-state index in [-0.39, 0.29) is 11.7 Å². The van der Waals surface area contributed by atoms with Gasteiger partial charge < -0.3 is 10.1 Å². The van der Waals surface area contributed by atoms with Gasteiger partial charge in [0.2, 0.25) is 0 Å². The highest BCUT2D eigenvalue weighted by Gasteiger charge is 2.06. The zero-order chi connectivity index (χ0) is 15.1. The van der Waals surface area contributed by atoms with Crippen LogP contribution in [-0.4, -0.2) is 12.5 Å². The maximum Gasteiger partial charge on any atom is 0.255 e. The fourth-order valence-electron chi connectivity index (χ4n) is 1.77. The Morgan fingerprint density at radius 2 is 1.76 bits per heavy atom. The molecule has 0 radical (unpaired) electrons. The number of nitrogens with one attached hydrogen (secondary N) is 1. The Labute approximate surface area is 123 Å². The molecule has 0 aliphatic heterocycles. The third kappa shape index (κ3) is 4.60. The van der Waals surface area contributed by atoms with E-state index < -0.39 is 0 Å². The third-order valence-corrected chi connectivity index (χ3v) is 2.99. The molecule has 0 spiro atoms. The summed E-state index contributed by atoms with van der Waals surface area (Å²) in [7, 11) is 0. The van der Waals surface area contributed by atoms with Gasteiger partial charge >= 0.3 is 0 Å². The molecule has 1 amide bonds. The number of halogens is 1. The number of unbranched alkanes of at least 4 members (excludes halogenated alkanes) is 1. The lowest BCUT2D eigenvalue weighted by molar-refractivity contribution is 0.102. The number of carbonyl (C=O) groups is 1. The average molecular weight is 287 g/mol. The molecule has 1 N–H and O–H groups in total. The first kappa shape index (κ1) is 15.0. The maximum absolute atomic E-state index is 12.8.